The zero-order valence-electron chi connectivity index (χ0n) is 12.7. The molecule has 0 saturated heterocycles. The molecule has 0 aliphatic rings. The number of nitrogens with zero attached hydrogens (tertiary/aromatic N) is 1. The van der Waals surface area contributed by atoms with Gasteiger partial charge in [0.15, 0.2) is 11.5 Å². The molecule has 1 aromatic carbocycles. The number of hydrogen-bond donors (Lipinski definition) is 1. The van der Waals surface area contributed by atoms with Crippen LogP contribution >= 0.6 is 15.9 Å². The number of hydroxylamine groups is 2. The zero-order valence-corrected chi connectivity index (χ0v) is 14.3. The SMILES string of the molecule is CC(C)CC(C)N(Oc1ccc(Br)cc1OC(F)(F)F)C(=O)O. The second kappa shape index (κ2) is 7.76. The maximum atomic E-state index is 12.5. The molecule has 1 atom stereocenters. The molecule has 5 nitrogen and oxygen atoms in total. The smallest absolute Gasteiger partial charge is 0.463 e. The number of alkyl halides is 3. The summed E-state index contributed by atoms with van der Waals surface area (Å²) in [5, 5.41) is 9.84. The van der Waals surface area contributed by atoms with Crippen molar-refractivity contribution in [2.24, 2.45) is 5.92 Å². The van der Waals surface area contributed by atoms with Crippen LogP contribution in [0.25, 0.3) is 0 Å². The lowest BCUT2D eigenvalue weighted by atomic mass is 10.1. The van der Waals surface area contributed by atoms with Gasteiger partial charge in [-0.1, -0.05) is 29.8 Å². The van der Waals surface area contributed by atoms with Gasteiger partial charge in [0.05, 0.1) is 6.04 Å². The van der Waals surface area contributed by atoms with Gasteiger partial charge in [-0.3, -0.25) is 0 Å². The van der Waals surface area contributed by atoms with E-state index in [9.17, 15) is 23.1 Å². The molecule has 1 aromatic rings. The number of carbonyl (C=O) groups is 1. The van der Waals surface area contributed by atoms with Gasteiger partial charge in [0.25, 0.3) is 0 Å². The molecule has 0 aliphatic heterocycles. The number of amides is 1. The molecule has 1 rings (SSSR count). The average Bonchev–Trinajstić information content (AvgIpc) is 2.34. The lowest BCUT2D eigenvalue weighted by Crippen LogP contribution is -2.41. The van der Waals surface area contributed by atoms with Crippen molar-refractivity contribution >= 4 is 22.0 Å². The highest BCUT2D eigenvalue weighted by Crippen LogP contribution is 2.35. The largest absolute Gasteiger partial charge is 0.573 e. The Hall–Kier alpha value is -1.64. The van der Waals surface area contributed by atoms with E-state index in [0.717, 1.165) is 6.07 Å². The fourth-order valence-corrected chi connectivity index (χ4v) is 2.30. The van der Waals surface area contributed by atoms with Gasteiger partial charge in [-0.2, -0.15) is 0 Å². The number of hydrogen-bond acceptors (Lipinski definition) is 3. The van der Waals surface area contributed by atoms with Crippen molar-refractivity contribution in [3.8, 4) is 11.5 Å². The van der Waals surface area contributed by atoms with E-state index in [-0.39, 0.29) is 11.7 Å². The van der Waals surface area contributed by atoms with Crippen LogP contribution in [0.1, 0.15) is 27.2 Å². The highest BCUT2D eigenvalue weighted by molar-refractivity contribution is 9.10. The van der Waals surface area contributed by atoms with Gasteiger partial charge in [0.2, 0.25) is 0 Å². The van der Waals surface area contributed by atoms with E-state index in [1.54, 1.807) is 6.92 Å². The first-order valence-electron chi connectivity index (χ1n) is 6.75. The highest BCUT2D eigenvalue weighted by atomic mass is 79.9. The van der Waals surface area contributed by atoms with Crippen LogP contribution in [0.2, 0.25) is 0 Å². The molecule has 0 bridgehead atoms. The number of carboxylic acid groups (broad SMARTS) is 1. The van der Waals surface area contributed by atoms with Crippen LogP contribution in [0.15, 0.2) is 22.7 Å². The number of benzene rings is 1. The van der Waals surface area contributed by atoms with E-state index >= 15 is 0 Å². The molecule has 1 amide bonds. The normalized spacial score (nSPS) is 12.9. The van der Waals surface area contributed by atoms with Gasteiger partial charge in [0.1, 0.15) is 0 Å². The third-order valence-corrected chi connectivity index (χ3v) is 3.22. The molecule has 0 aliphatic carbocycles. The summed E-state index contributed by atoms with van der Waals surface area (Å²) < 4.78 is 41.6. The fourth-order valence-electron chi connectivity index (χ4n) is 1.96. The third kappa shape index (κ3) is 6.55. The van der Waals surface area contributed by atoms with E-state index in [0.29, 0.717) is 16.0 Å². The minimum atomic E-state index is -4.92. The summed E-state index contributed by atoms with van der Waals surface area (Å²) in [5.41, 5.74) is 0. The Labute approximate surface area is 140 Å². The minimum Gasteiger partial charge on any atom is -0.463 e. The van der Waals surface area contributed by atoms with E-state index < -0.39 is 24.2 Å². The lowest BCUT2D eigenvalue weighted by molar-refractivity contribution is -0.275. The van der Waals surface area contributed by atoms with Crippen LogP contribution in [0, 0.1) is 5.92 Å². The second-order valence-electron chi connectivity index (χ2n) is 5.32. The van der Waals surface area contributed by atoms with Crippen LogP contribution in [-0.2, 0) is 0 Å². The molecule has 0 radical (unpaired) electrons. The summed E-state index contributed by atoms with van der Waals surface area (Å²) in [4.78, 5) is 16.5. The molecule has 0 fully saturated rings. The predicted molar refractivity (Wildman–Crippen MR) is 80.2 cm³/mol. The van der Waals surface area contributed by atoms with Crippen LogP contribution in [0.4, 0.5) is 18.0 Å². The first-order chi connectivity index (χ1) is 10.5. The summed E-state index contributed by atoms with van der Waals surface area (Å²) in [7, 11) is 0. The van der Waals surface area contributed by atoms with Crippen molar-refractivity contribution in [3.63, 3.8) is 0 Å². The quantitative estimate of drug-likeness (QED) is 0.679. The van der Waals surface area contributed by atoms with E-state index in [2.05, 4.69) is 20.7 Å². The fraction of sp³-hybridized carbons (Fsp3) is 0.500. The summed E-state index contributed by atoms with van der Waals surface area (Å²) in [6.45, 7) is 5.40. The van der Waals surface area contributed by atoms with Gasteiger partial charge in [-0.05, 0) is 37.5 Å². The maximum Gasteiger partial charge on any atom is 0.573 e. The Balaban J connectivity index is 3.06. The van der Waals surface area contributed by atoms with Gasteiger partial charge >= 0.3 is 12.5 Å². The van der Waals surface area contributed by atoms with Gasteiger partial charge in [-0.25, -0.2) is 4.79 Å². The molecule has 0 spiro atoms. The molecule has 1 unspecified atom stereocenters. The number of rotatable bonds is 6. The van der Waals surface area contributed by atoms with Crippen molar-refractivity contribution in [2.45, 2.75) is 39.6 Å². The van der Waals surface area contributed by atoms with Crippen LogP contribution < -0.4 is 9.57 Å². The first-order valence-corrected chi connectivity index (χ1v) is 7.54. The zero-order chi connectivity index (χ0) is 17.8. The molecular weight excluding hydrogens is 383 g/mol. The molecule has 0 aromatic heterocycles. The van der Waals surface area contributed by atoms with E-state index in [4.69, 9.17) is 4.84 Å². The van der Waals surface area contributed by atoms with Crippen molar-refractivity contribution in [2.75, 3.05) is 0 Å². The second-order valence-corrected chi connectivity index (χ2v) is 6.23. The topological polar surface area (TPSA) is 59.0 Å². The molecule has 0 saturated carbocycles. The van der Waals surface area contributed by atoms with Gasteiger partial charge in [-0.15, -0.1) is 18.2 Å². The Morgan fingerprint density at radius 2 is 1.91 bits per heavy atom. The standard InChI is InChI=1S/C14H17BrF3NO4/c1-8(2)6-9(3)19(13(20)21)23-11-5-4-10(15)7-12(11)22-14(16,17)18/h4-5,7-9H,6H2,1-3H3,(H,20,21). The monoisotopic (exact) mass is 399 g/mol. The van der Waals surface area contributed by atoms with Gasteiger partial charge in [0, 0.05) is 4.47 Å². The highest BCUT2D eigenvalue weighted by Gasteiger charge is 2.33. The number of ether oxygens (including phenoxy) is 1. The summed E-state index contributed by atoms with van der Waals surface area (Å²) in [5.74, 6) is -0.787. The van der Waals surface area contributed by atoms with Crippen molar-refractivity contribution in [3.05, 3.63) is 22.7 Å². The van der Waals surface area contributed by atoms with Gasteiger partial charge < -0.3 is 14.7 Å². The van der Waals surface area contributed by atoms with Crippen LogP contribution in [0.5, 0.6) is 11.5 Å². The van der Waals surface area contributed by atoms with Crippen molar-refractivity contribution in [1.29, 1.82) is 0 Å². The molecule has 1 N–H and O–H groups in total. The molecule has 23 heavy (non-hydrogen) atoms. The van der Waals surface area contributed by atoms with E-state index in [1.807, 2.05) is 13.8 Å². The van der Waals surface area contributed by atoms with E-state index in [1.165, 1.54) is 12.1 Å². The summed E-state index contributed by atoms with van der Waals surface area (Å²) in [6.07, 6.45) is -5.84. The maximum absolute atomic E-state index is 12.5. The summed E-state index contributed by atoms with van der Waals surface area (Å²) >= 11 is 3.03. The summed E-state index contributed by atoms with van der Waals surface area (Å²) in [6, 6.07) is 3.13. The van der Waals surface area contributed by atoms with Crippen molar-refractivity contribution in [1.82, 2.24) is 5.06 Å². The number of halogens is 4. The molecular formula is C14H17BrF3NO4. The lowest BCUT2D eigenvalue weighted by Gasteiger charge is -2.27. The first kappa shape index (κ1) is 19.4. The Bertz CT molecular complexity index is 551. The molecule has 9 heteroatoms. The predicted octanol–water partition coefficient (Wildman–Crippen LogP) is 5.06. The van der Waals surface area contributed by atoms with Crippen molar-refractivity contribution < 1.29 is 32.6 Å². The Morgan fingerprint density at radius 3 is 2.39 bits per heavy atom. The van der Waals surface area contributed by atoms with Crippen LogP contribution in [0.3, 0.4) is 0 Å². The average molecular weight is 400 g/mol. The third-order valence-electron chi connectivity index (χ3n) is 2.73. The minimum absolute atomic E-state index is 0.186. The molecule has 130 valence electrons. The molecule has 0 heterocycles. The Kier molecular flexibility index (Phi) is 6.55. The Morgan fingerprint density at radius 1 is 1.30 bits per heavy atom. The van der Waals surface area contributed by atoms with Crippen LogP contribution in [-0.4, -0.2) is 28.7 Å².